The number of benzene rings is 1. The molecule has 2 rings (SSSR count). The molecule has 0 spiro atoms. The van der Waals surface area contributed by atoms with Crippen molar-refractivity contribution in [2.75, 3.05) is 0 Å². The van der Waals surface area contributed by atoms with Gasteiger partial charge in [-0.2, -0.15) is 0 Å². The summed E-state index contributed by atoms with van der Waals surface area (Å²) in [7, 11) is 1.91. The summed E-state index contributed by atoms with van der Waals surface area (Å²) in [4.78, 5) is 4.19. The van der Waals surface area contributed by atoms with Gasteiger partial charge in [-0.3, -0.25) is 0 Å². The third-order valence-corrected chi connectivity index (χ3v) is 3.29. The molecule has 0 aliphatic carbocycles. The van der Waals surface area contributed by atoms with E-state index < -0.39 is 6.10 Å². The van der Waals surface area contributed by atoms with Crippen LogP contribution < -0.4 is 0 Å². The molecule has 0 fully saturated rings. The van der Waals surface area contributed by atoms with Gasteiger partial charge in [0.2, 0.25) is 0 Å². The lowest BCUT2D eigenvalue weighted by Gasteiger charge is -2.11. The van der Waals surface area contributed by atoms with Gasteiger partial charge in [-0.1, -0.05) is 15.9 Å². The van der Waals surface area contributed by atoms with Crippen LogP contribution in [0.15, 0.2) is 35.1 Å². The number of aliphatic hydroxyl groups excluding tert-OH is 1. The average Bonchev–Trinajstić information content (AvgIpc) is 2.70. The van der Waals surface area contributed by atoms with Gasteiger partial charge < -0.3 is 9.67 Å². The number of nitrogens with zero attached hydrogens (tertiary/aromatic N) is 2. The maximum atomic E-state index is 13.2. The lowest BCUT2D eigenvalue weighted by Crippen LogP contribution is -2.04. The van der Waals surface area contributed by atoms with Crippen molar-refractivity contribution in [1.29, 1.82) is 0 Å². The first-order chi connectivity index (χ1) is 8.56. The molecule has 0 amide bonds. The van der Waals surface area contributed by atoms with Gasteiger partial charge in [0.15, 0.2) is 0 Å². The smallest absolute Gasteiger partial charge is 0.124 e. The number of halogens is 2. The van der Waals surface area contributed by atoms with Crippen molar-refractivity contribution in [1.82, 2.24) is 9.55 Å². The number of hydrogen-bond donors (Lipinski definition) is 1. The van der Waals surface area contributed by atoms with Crippen molar-refractivity contribution in [3.05, 3.63) is 52.3 Å². The average molecular weight is 313 g/mol. The summed E-state index contributed by atoms with van der Waals surface area (Å²) in [6.45, 7) is 0. The molecule has 1 N–H and O–H groups in total. The summed E-state index contributed by atoms with van der Waals surface area (Å²) in [6, 6.07) is 4.45. The lowest BCUT2D eigenvalue weighted by atomic mass is 10.0. The Hall–Kier alpha value is -1.20. The number of hydrogen-bond acceptors (Lipinski definition) is 2. The predicted octanol–water partition coefficient (Wildman–Crippen LogP) is 2.99. The van der Waals surface area contributed by atoms with Crippen LogP contribution in [-0.2, 0) is 13.5 Å². The van der Waals surface area contributed by atoms with Crippen LogP contribution in [0.3, 0.4) is 0 Å². The highest BCUT2D eigenvalue weighted by molar-refractivity contribution is 9.10. The molecular formula is C13H14BrFN2O. The van der Waals surface area contributed by atoms with E-state index in [0.29, 0.717) is 22.9 Å². The Morgan fingerprint density at radius 1 is 1.44 bits per heavy atom. The summed E-state index contributed by atoms with van der Waals surface area (Å²) >= 11 is 3.22. The van der Waals surface area contributed by atoms with Crippen molar-refractivity contribution < 1.29 is 9.50 Å². The van der Waals surface area contributed by atoms with Crippen LogP contribution in [0.1, 0.15) is 23.9 Å². The van der Waals surface area contributed by atoms with Gasteiger partial charge in [-0.05, 0) is 30.2 Å². The van der Waals surface area contributed by atoms with Crippen molar-refractivity contribution >= 4 is 15.9 Å². The molecule has 18 heavy (non-hydrogen) atoms. The quantitative estimate of drug-likeness (QED) is 0.942. The molecule has 0 aliphatic rings. The topological polar surface area (TPSA) is 38.0 Å². The molecule has 2 aromatic rings. The maximum absolute atomic E-state index is 13.2. The van der Waals surface area contributed by atoms with Gasteiger partial charge in [0, 0.05) is 30.3 Å². The van der Waals surface area contributed by atoms with E-state index in [4.69, 9.17) is 0 Å². The van der Waals surface area contributed by atoms with Gasteiger partial charge in [0.25, 0.3) is 0 Å². The molecule has 1 heterocycles. The molecule has 3 nitrogen and oxygen atoms in total. The number of rotatable bonds is 4. The summed E-state index contributed by atoms with van der Waals surface area (Å²) < 4.78 is 15.8. The Bertz CT molecular complexity index is 521. The van der Waals surface area contributed by atoms with Crippen molar-refractivity contribution in [2.24, 2.45) is 7.05 Å². The number of imidazole rings is 1. The summed E-state index contributed by atoms with van der Waals surface area (Å²) in [5.41, 5.74) is 0.580. The second kappa shape index (κ2) is 5.63. The molecule has 0 saturated carbocycles. The minimum atomic E-state index is -0.686. The fourth-order valence-corrected chi connectivity index (χ4v) is 2.32. The molecule has 1 atom stereocenters. The molecule has 0 aliphatic heterocycles. The number of aliphatic hydroxyl groups is 1. The van der Waals surface area contributed by atoms with Crippen LogP contribution in [0.2, 0.25) is 0 Å². The molecular weight excluding hydrogens is 299 g/mol. The van der Waals surface area contributed by atoms with E-state index in [2.05, 4.69) is 20.9 Å². The molecule has 1 aromatic carbocycles. The van der Waals surface area contributed by atoms with E-state index in [0.717, 1.165) is 5.82 Å². The molecule has 96 valence electrons. The summed E-state index contributed by atoms with van der Waals surface area (Å²) in [6.07, 6.45) is 4.06. The van der Waals surface area contributed by atoms with Crippen LogP contribution in [0.5, 0.6) is 0 Å². The molecule has 1 unspecified atom stereocenters. The molecule has 0 radical (unpaired) electrons. The highest BCUT2D eigenvalue weighted by atomic mass is 79.9. The van der Waals surface area contributed by atoms with Gasteiger partial charge in [-0.25, -0.2) is 9.37 Å². The van der Waals surface area contributed by atoms with Crippen molar-refractivity contribution in [2.45, 2.75) is 18.9 Å². The molecule has 0 bridgehead atoms. The van der Waals surface area contributed by atoms with Crippen molar-refractivity contribution in [3.63, 3.8) is 0 Å². The third kappa shape index (κ3) is 3.17. The molecule has 0 saturated heterocycles. The number of aromatic nitrogens is 2. The predicted molar refractivity (Wildman–Crippen MR) is 70.6 cm³/mol. The van der Waals surface area contributed by atoms with Crippen LogP contribution in [0.4, 0.5) is 4.39 Å². The van der Waals surface area contributed by atoms with Crippen molar-refractivity contribution in [3.8, 4) is 0 Å². The zero-order valence-corrected chi connectivity index (χ0v) is 11.6. The van der Waals surface area contributed by atoms with E-state index in [1.54, 1.807) is 12.3 Å². The van der Waals surface area contributed by atoms with E-state index in [-0.39, 0.29) is 5.82 Å². The van der Waals surface area contributed by atoms with E-state index >= 15 is 0 Å². The van der Waals surface area contributed by atoms with Gasteiger partial charge in [0.05, 0.1) is 6.10 Å². The first-order valence-electron chi connectivity index (χ1n) is 5.66. The Kier molecular flexibility index (Phi) is 4.14. The second-order valence-electron chi connectivity index (χ2n) is 4.21. The highest BCUT2D eigenvalue weighted by Crippen LogP contribution is 2.23. The lowest BCUT2D eigenvalue weighted by molar-refractivity contribution is 0.166. The van der Waals surface area contributed by atoms with E-state index in [1.165, 1.54) is 12.1 Å². The highest BCUT2D eigenvalue weighted by Gasteiger charge is 2.11. The van der Waals surface area contributed by atoms with Crippen LogP contribution in [0, 0.1) is 5.82 Å². The van der Waals surface area contributed by atoms with Gasteiger partial charge >= 0.3 is 0 Å². The second-order valence-corrected chi connectivity index (χ2v) is 5.13. The minimum Gasteiger partial charge on any atom is -0.388 e. The summed E-state index contributed by atoms with van der Waals surface area (Å²) in [5.74, 6) is 0.555. The summed E-state index contributed by atoms with van der Waals surface area (Å²) in [5, 5.41) is 10.0. The Morgan fingerprint density at radius 2 is 2.22 bits per heavy atom. The Balaban J connectivity index is 2.03. The fraction of sp³-hybridized carbons (Fsp3) is 0.308. The first kappa shape index (κ1) is 13.2. The minimum absolute atomic E-state index is 0.351. The van der Waals surface area contributed by atoms with Gasteiger partial charge in [-0.15, -0.1) is 0 Å². The zero-order valence-electron chi connectivity index (χ0n) is 9.98. The Morgan fingerprint density at radius 3 is 2.83 bits per heavy atom. The Labute approximate surface area is 113 Å². The SMILES string of the molecule is Cn1ccnc1CCC(O)c1cc(F)cc(Br)c1. The standard InChI is InChI=1S/C13H14BrFN2O/c1-17-5-4-16-13(17)3-2-12(18)9-6-10(14)8-11(15)7-9/h4-8,12,18H,2-3H2,1H3. The third-order valence-electron chi connectivity index (χ3n) is 2.83. The fourth-order valence-electron chi connectivity index (χ4n) is 1.84. The van der Waals surface area contributed by atoms with Crippen LogP contribution in [0.25, 0.3) is 0 Å². The van der Waals surface area contributed by atoms with E-state index in [9.17, 15) is 9.50 Å². The molecule has 5 heteroatoms. The first-order valence-corrected chi connectivity index (χ1v) is 6.46. The monoisotopic (exact) mass is 312 g/mol. The zero-order chi connectivity index (χ0) is 13.1. The normalized spacial score (nSPS) is 12.7. The van der Waals surface area contributed by atoms with Crippen LogP contribution >= 0.6 is 15.9 Å². The largest absolute Gasteiger partial charge is 0.388 e. The maximum Gasteiger partial charge on any atom is 0.124 e. The van der Waals surface area contributed by atoms with E-state index in [1.807, 2.05) is 17.8 Å². The number of aryl methyl sites for hydroxylation is 2. The molecule has 1 aromatic heterocycles. The van der Waals surface area contributed by atoms with Gasteiger partial charge in [0.1, 0.15) is 11.6 Å². The van der Waals surface area contributed by atoms with Crippen LogP contribution in [-0.4, -0.2) is 14.7 Å².